The summed E-state index contributed by atoms with van der Waals surface area (Å²) in [6, 6.07) is 4.74. The van der Waals surface area contributed by atoms with E-state index in [0.29, 0.717) is 24.4 Å². The standard InChI is InChI=1S/C26H28Cl2FN5O4.C2HF3O2/c1-14(25(37)31-10-17-6-18-20(28)12-33(2)24(18)30-9-17)32-26(38)22-8-16(11-34(22)13-23(35)36)5-15-3-4-21(29)19(27)7-15;3-2(4,5)1(6)7/h3-4,6-7,9,12,14,16,22H,5,8,10-11,13H2,1-2H3,(H,31,37)(H,32,38)(H,35,36);(H,6,7)/t14-,16-,22+;/m0./s1. The smallest absolute Gasteiger partial charge is 0.480 e. The van der Waals surface area contributed by atoms with Gasteiger partial charge in [0, 0.05) is 37.9 Å². The van der Waals surface area contributed by atoms with E-state index in [4.69, 9.17) is 33.1 Å². The Balaban J connectivity index is 0.000000707. The summed E-state index contributed by atoms with van der Waals surface area (Å²) in [4.78, 5) is 52.1. The van der Waals surface area contributed by atoms with E-state index >= 15 is 0 Å². The average Bonchev–Trinajstić information content (AvgIpc) is 3.47. The molecule has 0 saturated carbocycles. The van der Waals surface area contributed by atoms with E-state index in [1.54, 1.807) is 30.3 Å². The van der Waals surface area contributed by atoms with Gasteiger partial charge >= 0.3 is 18.1 Å². The molecule has 3 heterocycles. The minimum absolute atomic E-state index is 0.0135. The second-order valence-electron chi connectivity index (χ2n) is 10.4. The number of aliphatic carboxylic acids is 2. The van der Waals surface area contributed by atoms with Crippen LogP contribution in [0, 0.1) is 11.7 Å². The second kappa shape index (κ2) is 14.9. The third-order valence-corrected chi connectivity index (χ3v) is 7.51. The molecule has 2 amide bonds. The summed E-state index contributed by atoms with van der Waals surface area (Å²) in [5.41, 5.74) is 2.29. The van der Waals surface area contributed by atoms with Crippen LogP contribution in [0.3, 0.4) is 0 Å². The number of carboxylic acids is 2. The van der Waals surface area contributed by atoms with Gasteiger partial charge in [0.25, 0.3) is 0 Å². The molecular formula is C28H29Cl2F4N5O6. The van der Waals surface area contributed by atoms with Crippen molar-refractivity contribution >= 4 is 58.0 Å². The maximum atomic E-state index is 13.5. The topological polar surface area (TPSA) is 154 Å². The third-order valence-electron chi connectivity index (χ3n) is 6.92. The Kier molecular flexibility index (Phi) is 11.8. The zero-order valence-corrected chi connectivity index (χ0v) is 25.4. The third kappa shape index (κ3) is 9.77. The van der Waals surface area contributed by atoms with Gasteiger partial charge in [0.2, 0.25) is 11.8 Å². The Morgan fingerprint density at radius 1 is 1.11 bits per heavy atom. The van der Waals surface area contributed by atoms with Crippen molar-refractivity contribution in [2.75, 3.05) is 13.1 Å². The van der Waals surface area contributed by atoms with E-state index in [1.165, 1.54) is 12.1 Å². The van der Waals surface area contributed by atoms with Gasteiger partial charge in [-0.25, -0.2) is 14.2 Å². The van der Waals surface area contributed by atoms with Crippen molar-refractivity contribution in [1.82, 2.24) is 25.1 Å². The normalized spacial score (nSPS) is 17.3. The molecule has 2 aromatic heterocycles. The van der Waals surface area contributed by atoms with Crippen molar-refractivity contribution in [3.63, 3.8) is 0 Å². The maximum absolute atomic E-state index is 13.5. The van der Waals surface area contributed by atoms with E-state index in [9.17, 15) is 37.1 Å². The molecule has 244 valence electrons. The SMILES string of the molecule is C[C@H](NC(=O)[C@H]1C[C@H](Cc2ccc(F)c(Cl)c2)CN1CC(=O)O)C(=O)NCc1cnc2c(c1)c(Cl)cn2C.O=C(O)C(F)(F)F. The number of carboxylic acid groups (broad SMARTS) is 2. The molecule has 11 nitrogen and oxygen atoms in total. The number of carbonyl (C=O) groups excluding carboxylic acids is 2. The highest BCUT2D eigenvalue weighted by Gasteiger charge is 2.39. The van der Waals surface area contributed by atoms with Crippen LogP contribution in [0.15, 0.2) is 36.7 Å². The number of alkyl halides is 3. The summed E-state index contributed by atoms with van der Waals surface area (Å²) in [6.45, 7) is 1.83. The number of nitrogens with zero attached hydrogens (tertiary/aromatic N) is 3. The van der Waals surface area contributed by atoms with Crippen LogP contribution in [-0.4, -0.2) is 79.8 Å². The number of nitrogens with one attached hydrogen (secondary N) is 2. The van der Waals surface area contributed by atoms with Crippen molar-refractivity contribution in [3.05, 3.63) is 63.6 Å². The molecule has 1 aromatic carbocycles. The molecule has 0 spiro atoms. The Bertz CT molecular complexity index is 1580. The number of hydrogen-bond donors (Lipinski definition) is 4. The molecule has 3 aromatic rings. The van der Waals surface area contributed by atoms with E-state index < -0.39 is 47.8 Å². The zero-order chi connectivity index (χ0) is 33.6. The lowest BCUT2D eigenvalue weighted by Gasteiger charge is -2.23. The molecule has 1 aliphatic heterocycles. The zero-order valence-electron chi connectivity index (χ0n) is 23.9. The van der Waals surface area contributed by atoms with Crippen molar-refractivity contribution < 1.29 is 47.0 Å². The lowest BCUT2D eigenvalue weighted by Crippen LogP contribution is -2.51. The van der Waals surface area contributed by atoms with Gasteiger partial charge in [-0.3, -0.25) is 19.3 Å². The molecule has 0 unspecified atom stereocenters. The number of rotatable bonds is 9. The molecule has 17 heteroatoms. The number of benzene rings is 1. The van der Waals surface area contributed by atoms with Crippen LogP contribution in [0.5, 0.6) is 0 Å². The maximum Gasteiger partial charge on any atom is 0.490 e. The average molecular weight is 678 g/mol. The highest BCUT2D eigenvalue weighted by molar-refractivity contribution is 6.35. The molecule has 4 rings (SSSR count). The van der Waals surface area contributed by atoms with Gasteiger partial charge in [-0.2, -0.15) is 13.2 Å². The molecule has 1 fully saturated rings. The number of aryl methyl sites for hydroxylation is 1. The van der Waals surface area contributed by atoms with Gasteiger partial charge in [0.1, 0.15) is 17.5 Å². The van der Waals surface area contributed by atoms with Crippen molar-refractivity contribution in [2.24, 2.45) is 13.0 Å². The fourth-order valence-corrected chi connectivity index (χ4v) is 5.33. The van der Waals surface area contributed by atoms with Crippen LogP contribution in [0.4, 0.5) is 17.6 Å². The predicted molar refractivity (Wildman–Crippen MR) is 155 cm³/mol. The monoisotopic (exact) mass is 677 g/mol. The summed E-state index contributed by atoms with van der Waals surface area (Å²) in [5, 5.41) is 23.3. The van der Waals surface area contributed by atoms with Gasteiger partial charge < -0.3 is 25.4 Å². The summed E-state index contributed by atoms with van der Waals surface area (Å²) < 4.78 is 47.1. The fraction of sp³-hybridized carbons (Fsp3) is 0.393. The highest BCUT2D eigenvalue weighted by atomic mass is 35.5. The number of likely N-dealkylation sites (tertiary alicyclic amines) is 1. The van der Waals surface area contributed by atoms with Crippen molar-refractivity contribution in [3.8, 4) is 0 Å². The van der Waals surface area contributed by atoms with Gasteiger partial charge in [0.05, 0.1) is 22.6 Å². The number of halogens is 6. The number of fused-ring (bicyclic) bond motifs is 1. The Morgan fingerprint density at radius 2 is 1.78 bits per heavy atom. The lowest BCUT2D eigenvalue weighted by atomic mass is 9.96. The summed E-state index contributed by atoms with van der Waals surface area (Å²) in [5.74, 6) is -5.18. The molecule has 0 bridgehead atoms. The van der Waals surface area contributed by atoms with Gasteiger partial charge in [0.15, 0.2) is 0 Å². The van der Waals surface area contributed by atoms with Crippen LogP contribution in [0.2, 0.25) is 10.0 Å². The molecule has 1 saturated heterocycles. The van der Waals surface area contributed by atoms with Gasteiger partial charge in [-0.15, -0.1) is 0 Å². The van der Waals surface area contributed by atoms with Crippen LogP contribution < -0.4 is 10.6 Å². The van der Waals surface area contributed by atoms with Gasteiger partial charge in [-0.05, 0) is 55.0 Å². The lowest BCUT2D eigenvalue weighted by molar-refractivity contribution is -0.192. The Morgan fingerprint density at radius 3 is 2.38 bits per heavy atom. The van der Waals surface area contributed by atoms with Crippen molar-refractivity contribution in [2.45, 2.75) is 44.6 Å². The predicted octanol–water partition coefficient (Wildman–Crippen LogP) is 3.79. The minimum Gasteiger partial charge on any atom is -0.480 e. The highest BCUT2D eigenvalue weighted by Crippen LogP contribution is 2.28. The first kappa shape index (κ1) is 35.5. The molecule has 3 atom stereocenters. The second-order valence-corrected chi connectivity index (χ2v) is 11.3. The Hall–Kier alpha value is -3.95. The van der Waals surface area contributed by atoms with E-state index in [2.05, 4.69) is 15.6 Å². The first-order chi connectivity index (χ1) is 21.0. The largest absolute Gasteiger partial charge is 0.490 e. The first-order valence-corrected chi connectivity index (χ1v) is 14.1. The molecule has 1 aliphatic rings. The number of hydrogen-bond acceptors (Lipinski definition) is 6. The molecule has 0 radical (unpaired) electrons. The summed E-state index contributed by atoms with van der Waals surface area (Å²) in [6.07, 6.45) is -0.764. The van der Waals surface area contributed by atoms with Crippen LogP contribution in [0.1, 0.15) is 24.5 Å². The fourth-order valence-electron chi connectivity index (χ4n) is 4.84. The molecule has 0 aliphatic carbocycles. The summed E-state index contributed by atoms with van der Waals surface area (Å²) in [7, 11) is 1.84. The van der Waals surface area contributed by atoms with E-state index in [1.807, 2.05) is 17.7 Å². The molecular weight excluding hydrogens is 649 g/mol. The number of pyridine rings is 1. The van der Waals surface area contributed by atoms with Crippen LogP contribution in [0.25, 0.3) is 11.0 Å². The Labute approximate surface area is 264 Å². The number of aromatic nitrogens is 2. The van der Waals surface area contributed by atoms with Crippen LogP contribution in [-0.2, 0) is 39.2 Å². The molecule has 45 heavy (non-hydrogen) atoms. The van der Waals surface area contributed by atoms with Gasteiger partial charge in [-0.1, -0.05) is 29.3 Å². The minimum atomic E-state index is -5.08. The van der Waals surface area contributed by atoms with E-state index in [-0.39, 0.29) is 24.0 Å². The number of carbonyl (C=O) groups is 4. The van der Waals surface area contributed by atoms with Crippen LogP contribution >= 0.6 is 23.2 Å². The van der Waals surface area contributed by atoms with Crippen molar-refractivity contribution in [1.29, 1.82) is 0 Å². The van der Waals surface area contributed by atoms with E-state index in [0.717, 1.165) is 22.2 Å². The molecule has 4 N–H and O–H groups in total. The quantitative estimate of drug-likeness (QED) is 0.250. The summed E-state index contributed by atoms with van der Waals surface area (Å²) >= 11 is 12.1. The first-order valence-electron chi connectivity index (χ1n) is 13.3. The number of amides is 2.